The van der Waals surface area contributed by atoms with Gasteiger partial charge in [0.2, 0.25) is 0 Å². The van der Waals surface area contributed by atoms with Gasteiger partial charge in [-0.2, -0.15) is 0 Å². The van der Waals surface area contributed by atoms with Gasteiger partial charge in [-0.25, -0.2) is 0 Å². The average Bonchev–Trinajstić information content (AvgIpc) is 2.75. The molecule has 29 heavy (non-hydrogen) atoms. The third-order valence-corrected chi connectivity index (χ3v) is 6.23. The Balaban J connectivity index is 1.99. The van der Waals surface area contributed by atoms with E-state index in [-0.39, 0.29) is 18.0 Å². The van der Waals surface area contributed by atoms with Crippen molar-refractivity contribution in [1.29, 1.82) is 0 Å². The van der Waals surface area contributed by atoms with Crippen molar-refractivity contribution < 1.29 is 14.4 Å². The minimum atomic E-state index is -0.125. The third kappa shape index (κ3) is 1.84. The molecule has 1 aliphatic carbocycles. The van der Waals surface area contributed by atoms with E-state index in [0.29, 0.717) is 16.7 Å². The predicted molar refractivity (Wildman–Crippen MR) is 116 cm³/mol. The lowest BCUT2D eigenvalue weighted by atomic mass is 9.80. The molecule has 0 saturated heterocycles. The number of fused-ring (bicyclic) bond motifs is 2. The molecule has 0 aliphatic heterocycles. The largest absolute Gasteiger partial charge is 0.298 e. The molecule has 0 fully saturated rings. The molecule has 0 bridgehead atoms. The number of carbonyl (C=O) groups excluding carboxylic acids is 3. The molecule has 0 radical (unpaired) electrons. The smallest absolute Gasteiger partial charge is 0.171 e. The van der Waals surface area contributed by atoms with Crippen LogP contribution >= 0.6 is 0 Å². The van der Waals surface area contributed by atoms with E-state index in [9.17, 15) is 14.4 Å². The Morgan fingerprint density at radius 2 is 1.10 bits per heavy atom. The van der Waals surface area contributed by atoms with Crippen molar-refractivity contribution in [3.8, 4) is 0 Å². The van der Waals surface area contributed by atoms with Crippen molar-refractivity contribution in [1.82, 2.24) is 0 Å². The summed E-state index contributed by atoms with van der Waals surface area (Å²) in [7, 11) is 0. The second-order valence-corrected chi connectivity index (χ2v) is 7.57. The summed E-state index contributed by atoms with van der Waals surface area (Å²) in [4.78, 5) is 36.8. The molecule has 0 spiro atoms. The molecule has 3 heteroatoms. The normalized spacial score (nSPS) is 13.8. The first kappa shape index (κ1) is 16.1. The first-order valence-electron chi connectivity index (χ1n) is 9.48. The molecule has 136 valence electrons. The second kappa shape index (κ2) is 5.36. The summed E-state index contributed by atoms with van der Waals surface area (Å²) in [5.41, 5.74) is 2.77. The molecule has 0 atom stereocenters. The summed E-state index contributed by atoms with van der Waals surface area (Å²) in [5, 5.41) is 7.58. The molecule has 1 aliphatic rings. The summed E-state index contributed by atoms with van der Waals surface area (Å²) in [5.74, 6) is -0.249. The maximum atomic E-state index is 12.5. The van der Waals surface area contributed by atoms with Gasteiger partial charge in [0, 0.05) is 27.5 Å². The Kier molecular flexibility index (Phi) is 2.98. The van der Waals surface area contributed by atoms with Crippen LogP contribution in [0.2, 0.25) is 0 Å². The lowest BCUT2D eigenvalue weighted by Gasteiger charge is -2.21. The highest BCUT2D eigenvalue weighted by molar-refractivity contribution is 6.39. The van der Waals surface area contributed by atoms with Crippen molar-refractivity contribution in [3.63, 3.8) is 0 Å². The molecule has 6 rings (SSSR count). The van der Waals surface area contributed by atoms with E-state index in [2.05, 4.69) is 6.58 Å². The van der Waals surface area contributed by atoms with Crippen LogP contribution in [0, 0.1) is 0 Å². The van der Waals surface area contributed by atoms with Crippen LogP contribution in [-0.2, 0) is 0 Å². The van der Waals surface area contributed by atoms with E-state index in [1.807, 2.05) is 48.5 Å². The molecule has 5 aromatic rings. The molecule has 0 amide bonds. The van der Waals surface area contributed by atoms with Crippen LogP contribution in [0.3, 0.4) is 0 Å². The van der Waals surface area contributed by atoms with Gasteiger partial charge in [0.15, 0.2) is 17.9 Å². The molecule has 0 unspecified atom stereocenters. The molecule has 0 saturated carbocycles. The van der Waals surface area contributed by atoms with Crippen LogP contribution in [0.25, 0.3) is 49.2 Å². The van der Waals surface area contributed by atoms with Crippen molar-refractivity contribution in [3.05, 3.63) is 77.4 Å². The summed E-state index contributed by atoms with van der Waals surface area (Å²) >= 11 is 0. The van der Waals surface area contributed by atoms with Gasteiger partial charge in [0.1, 0.15) is 0 Å². The quantitative estimate of drug-likeness (QED) is 0.166. The highest BCUT2D eigenvalue weighted by Gasteiger charge is 2.28. The fourth-order valence-corrected chi connectivity index (χ4v) is 5.01. The third-order valence-electron chi connectivity index (χ3n) is 6.23. The summed E-state index contributed by atoms with van der Waals surface area (Å²) in [6.07, 6.45) is 2.57. The minimum Gasteiger partial charge on any atom is -0.298 e. The first-order chi connectivity index (χ1) is 14.1. The van der Waals surface area contributed by atoms with E-state index in [0.717, 1.165) is 54.9 Å². The van der Waals surface area contributed by atoms with E-state index in [1.54, 1.807) is 6.08 Å². The van der Waals surface area contributed by atoms with Crippen molar-refractivity contribution >= 4 is 67.0 Å². The number of aldehydes is 1. The van der Waals surface area contributed by atoms with Gasteiger partial charge in [0.05, 0.1) is 6.42 Å². The number of benzene rings is 5. The summed E-state index contributed by atoms with van der Waals surface area (Å²) in [6.45, 7) is 3.91. The van der Waals surface area contributed by atoms with Crippen LogP contribution in [0.1, 0.15) is 43.1 Å². The van der Waals surface area contributed by atoms with Gasteiger partial charge in [-0.15, -0.1) is 0 Å². The van der Waals surface area contributed by atoms with Crippen LogP contribution in [0.15, 0.2) is 55.1 Å². The van der Waals surface area contributed by atoms with Crippen molar-refractivity contribution in [2.45, 2.75) is 6.42 Å². The van der Waals surface area contributed by atoms with Gasteiger partial charge in [-0.1, -0.05) is 61.2 Å². The first-order valence-corrected chi connectivity index (χ1v) is 9.48. The van der Waals surface area contributed by atoms with Crippen molar-refractivity contribution in [2.75, 3.05) is 0 Å². The van der Waals surface area contributed by atoms with E-state index < -0.39 is 0 Å². The zero-order chi connectivity index (χ0) is 19.9. The monoisotopic (exact) mass is 374 g/mol. The number of carbonyl (C=O) groups is 3. The summed E-state index contributed by atoms with van der Waals surface area (Å²) in [6, 6.07) is 15.4. The molecular weight excluding hydrogens is 360 g/mol. The fraction of sp³-hybridized carbons (Fsp3) is 0.0385. The summed E-state index contributed by atoms with van der Waals surface area (Å²) < 4.78 is 0. The number of hydrogen-bond donors (Lipinski definition) is 0. The zero-order valence-corrected chi connectivity index (χ0v) is 15.4. The standard InChI is InChI=1S/C26H14O3/c1-2-13-3-5-15-17-7-9-19-21(28)11-22(29)20-10-8-18(25(17)26(19)20)16-6-4-14(12-27)23(13)24(15)16/h2-10,12H,1,11H2. The van der Waals surface area contributed by atoms with Gasteiger partial charge in [-0.3, -0.25) is 14.4 Å². The molecule has 0 aromatic heterocycles. The SMILES string of the molecule is C=Cc1ccc2c3ccc4c5c(ccc(c6ccc(C=O)c1c26)c53)C(=O)CC4=O. The Morgan fingerprint density at radius 1 is 0.621 bits per heavy atom. The predicted octanol–water partition coefficient (Wildman–Crippen LogP) is 5.96. The molecule has 5 aromatic carbocycles. The number of rotatable bonds is 2. The van der Waals surface area contributed by atoms with Gasteiger partial charge < -0.3 is 0 Å². The minimum absolute atomic E-state index is 0.0711. The maximum Gasteiger partial charge on any atom is 0.171 e. The molecular formula is C26H14O3. The van der Waals surface area contributed by atoms with E-state index in [4.69, 9.17) is 0 Å². The topological polar surface area (TPSA) is 51.2 Å². The van der Waals surface area contributed by atoms with Crippen LogP contribution in [-0.4, -0.2) is 17.9 Å². The molecule has 3 nitrogen and oxygen atoms in total. The second-order valence-electron chi connectivity index (χ2n) is 7.57. The van der Waals surface area contributed by atoms with Crippen molar-refractivity contribution in [2.24, 2.45) is 0 Å². The molecule has 0 heterocycles. The van der Waals surface area contributed by atoms with Crippen LogP contribution in [0.5, 0.6) is 0 Å². The average molecular weight is 374 g/mol. The maximum absolute atomic E-state index is 12.5. The Labute approximate surface area is 165 Å². The van der Waals surface area contributed by atoms with Gasteiger partial charge in [-0.05, 0) is 37.9 Å². The van der Waals surface area contributed by atoms with E-state index >= 15 is 0 Å². The highest BCUT2D eigenvalue weighted by atomic mass is 16.1. The van der Waals surface area contributed by atoms with Crippen LogP contribution in [0.4, 0.5) is 0 Å². The lowest BCUT2D eigenvalue weighted by molar-refractivity contribution is 0.0889. The van der Waals surface area contributed by atoms with Gasteiger partial charge in [0.25, 0.3) is 0 Å². The molecule has 0 N–H and O–H groups in total. The van der Waals surface area contributed by atoms with E-state index in [1.165, 1.54) is 0 Å². The zero-order valence-electron chi connectivity index (χ0n) is 15.4. The Hall–Kier alpha value is -3.85. The number of Topliss-reactive ketones (excluding diaryl/α,β-unsaturated/α-hetero) is 2. The Morgan fingerprint density at radius 3 is 1.62 bits per heavy atom. The Bertz CT molecular complexity index is 1480. The van der Waals surface area contributed by atoms with Crippen LogP contribution < -0.4 is 0 Å². The number of hydrogen-bond acceptors (Lipinski definition) is 3. The highest BCUT2D eigenvalue weighted by Crippen LogP contribution is 2.44. The fourth-order valence-electron chi connectivity index (χ4n) is 5.01. The number of ketones is 2. The van der Waals surface area contributed by atoms with Gasteiger partial charge >= 0.3 is 0 Å². The lowest BCUT2D eigenvalue weighted by Crippen LogP contribution is -2.16.